The zero-order valence-corrected chi connectivity index (χ0v) is 22.0. The molecule has 11 heteroatoms. The summed E-state index contributed by atoms with van der Waals surface area (Å²) < 4.78 is 5.80. The molecule has 1 aromatic heterocycles. The summed E-state index contributed by atoms with van der Waals surface area (Å²) in [5, 5.41) is 17.2. The number of anilines is 1. The molecule has 1 heterocycles. The van der Waals surface area contributed by atoms with Crippen molar-refractivity contribution in [3.8, 4) is 11.5 Å². The van der Waals surface area contributed by atoms with Gasteiger partial charge >= 0.3 is 5.69 Å². The molecule has 2 aromatic carbocycles. The van der Waals surface area contributed by atoms with Gasteiger partial charge < -0.3 is 21.1 Å². The second-order valence-electron chi connectivity index (χ2n) is 9.54. The van der Waals surface area contributed by atoms with Crippen molar-refractivity contribution in [1.29, 1.82) is 0 Å². The topological polar surface area (TPSA) is 149 Å². The molecule has 1 unspecified atom stereocenters. The second kappa shape index (κ2) is 13.2. The van der Waals surface area contributed by atoms with Crippen LogP contribution in [0.25, 0.3) is 0 Å². The number of benzene rings is 2. The normalized spacial score (nSPS) is 17.6. The Bertz CT molecular complexity index is 1310. The Balaban J connectivity index is 1.52. The summed E-state index contributed by atoms with van der Waals surface area (Å²) in [6, 6.07) is 13.7. The van der Waals surface area contributed by atoms with E-state index < -0.39 is 11.0 Å². The van der Waals surface area contributed by atoms with Crippen molar-refractivity contribution in [3.05, 3.63) is 87.7 Å². The van der Waals surface area contributed by atoms with Gasteiger partial charge in [-0.3, -0.25) is 24.7 Å². The number of aromatic nitrogens is 1. The molecule has 1 aliphatic carbocycles. The maximum Gasteiger partial charge on any atom is 0.329 e. The lowest BCUT2D eigenvalue weighted by atomic mass is 9.81. The summed E-state index contributed by atoms with van der Waals surface area (Å²) >= 11 is 6.00. The summed E-state index contributed by atoms with van der Waals surface area (Å²) in [6.07, 6.45) is 6.54. The molecule has 2 amide bonds. The van der Waals surface area contributed by atoms with Gasteiger partial charge in [0.1, 0.15) is 16.8 Å². The number of rotatable bonds is 10. The zero-order chi connectivity index (χ0) is 27.8. The number of carbonyl (C=O) groups is 2. The Morgan fingerprint density at radius 3 is 2.51 bits per heavy atom. The molecule has 39 heavy (non-hydrogen) atoms. The molecule has 4 N–H and O–H groups in total. The number of halogens is 1. The lowest BCUT2D eigenvalue weighted by molar-refractivity contribution is -0.385. The molecule has 0 spiro atoms. The first-order valence-corrected chi connectivity index (χ1v) is 13.1. The average Bonchev–Trinajstić information content (AvgIpc) is 2.93. The van der Waals surface area contributed by atoms with E-state index in [-0.39, 0.29) is 40.6 Å². The number of para-hydroxylation sites is 1. The van der Waals surface area contributed by atoms with Crippen LogP contribution in [0.4, 0.5) is 11.4 Å². The molecule has 10 nitrogen and oxygen atoms in total. The van der Waals surface area contributed by atoms with Crippen molar-refractivity contribution in [3.63, 3.8) is 0 Å². The van der Waals surface area contributed by atoms with Crippen molar-refractivity contribution in [1.82, 2.24) is 10.3 Å². The van der Waals surface area contributed by atoms with Gasteiger partial charge in [0.2, 0.25) is 17.6 Å². The van der Waals surface area contributed by atoms with E-state index in [9.17, 15) is 19.7 Å². The molecule has 3 aromatic rings. The second-order valence-corrected chi connectivity index (χ2v) is 9.94. The molecule has 1 saturated carbocycles. The first-order chi connectivity index (χ1) is 18.8. The van der Waals surface area contributed by atoms with Gasteiger partial charge in [0.05, 0.1) is 4.92 Å². The molecule has 0 aliphatic heterocycles. The summed E-state index contributed by atoms with van der Waals surface area (Å²) in [7, 11) is 0. The van der Waals surface area contributed by atoms with E-state index in [0.29, 0.717) is 29.5 Å². The van der Waals surface area contributed by atoms with Gasteiger partial charge in [-0.2, -0.15) is 0 Å². The molecule has 204 valence electrons. The fourth-order valence-corrected chi connectivity index (χ4v) is 4.91. The minimum atomic E-state index is -0.867. The average molecular weight is 552 g/mol. The molecule has 1 aliphatic rings. The van der Waals surface area contributed by atoms with Crippen LogP contribution in [0.2, 0.25) is 5.02 Å². The van der Waals surface area contributed by atoms with Crippen LogP contribution in [0.1, 0.15) is 31.2 Å². The molecule has 1 atom stereocenters. The van der Waals surface area contributed by atoms with Gasteiger partial charge in [-0.25, -0.2) is 0 Å². The highest BCUT2D eigenvalue weighted by molar-refractivity contribution is 6.33. The van der Waals surface area contributed by atoms with Crippen LogP contribution >= 0.6 is 11.6 Å². The van der Waals surface area contributed by atoms with E-state index in [0.717, 1.165) is 25.7 Å². The van der Waals surface area contributed by atoms with E-state index in [4.69, 9.17) is 22.1 Å². The van der Waals surface area contributed by atoms with Crippen molar-refractivity contribution in [2.24, 2.45) is 17.6 Å². The van der Waals surface area contributed by atoms with Crippen molar-refractivity contribution in [2.75, 3.05) is 11.9 Å². The maximum atomic E-state index is 13.3. The summed E-state index contributed by atoms with van der Waals surface area (Å²) in [4.78, 5) is 41.3. The van der Waals surface area contributed by atoms with Gasteiger partial charge in [-0.05, 0) is 80.1 Å². The molecule has 1 fully saturated rings. The third-order valence-corrected chi connectivity index (χ3v) is 7.14. The lowest BCUT2D eigenvalue weighted by Gasteiger charge is -2.28. The highest BCUT2D eigenvalue weighted by Crippen LogP contribution is 2.37. The molecule has 0 saturated heterocycles. The summed E-state index contributed by atoms with van der Waals surface area (Å²) in [5.74, 6) is 0.0416. The van der Waals surface area contributed by atoms with E-state index in [1.165, 1.54) is 12.1 Å². The number of pyridine rings is 1. The number of nitrogens with one attached hydrogen (secondary N) is 2. The Labute approximate surface area is 231 Å². The van der Waals surface area contributed by atoms with Crippen LogP contribution in [0.3, 0.4) is 0 Å². The van der Waals surface area contributed by atoms with Gasteiger partial charge in [0.15, 0.2) is 0 Å². The van der Waals surface area contributed by atoms with Crippen molar-refractivity contribution in [2.45, 2.75) is 38.1 Å². The van der Waals surface area contributed by atoms with E-state index >= 15 is 0 Å². The summed E-state index contributed by atoms with van der Waals surface area (Å²) in [5.41, 5.74) is 6.70. The lowest BCUT2D eigenvalue weighted by Crippen LogP contribution is -2.48. The van der Waals surface area contributed by atoms with Crippen LogP contribution < -0.4 is 21.1 Å². The third-order valence-electron chi connectivity index (χ3n) is 6.83. The Kier molecular flexibility index (Phi) is 9.45. The van der Waals surface area contributed by atoms with Gasteiger partial charge in [-0.1, -0.05) is 29.8 Å². The quantitative estimate of drug-likeness (QED) is 0.240. The van der Waals surface area contributed by atoms with E-state index in [1.807, 2.05) is 0 Å². The molecule has 0 bridgehead atoms. The van der Waals surface area contributed by atoms with Gasteiger partial charge in [0, 0.05) is 30.4 Å². The molecular formula is C28H30ClN5O5. The van der Waals surface area contributed by atoms with E-state index in [2.05, 4.69) is 15.6 Å². The predicted octanol–water partition coefficient (Wildman–Crippen LogP) is 4.87. The number of ether oxygens (including phenoxy) is 1. The zero-order valence-electron chi connectivity index (χ0n) is 21.2. The largest absolute Gasteiger partial charge is 0.450 e. The van der Waals surface area contributed by atoms with Crippen LogP contribution in [-0.2, 0) is 16.0 Å². The van der Waals surface area contributed by atoms with Crippen LogP contribution in [0.5, 0.6) is 11.5 Å². The fourth-order valence-electron chi connectivity index (χ4n) is 4.68. The molecule has 4 rings (SSSR count). The number of carbonyl (C=O) groups excluding carboxylic acids is 2. The van der Waals surface area contributed by atoms with Crippen LogP contribution in [0.15, 0.2) is 67.0 Å². The van der Waals surface area contributed by atoms with Gasteiger partial charge in [-0.15, -0.1) is 0 Å². The number of amides is 2. The summed E-state index contributed by atoms with van der Waals surface area (Å²) in [6.45, 7) is 0.613. The Hall–Kier alpha value is -4.02. The number of nitro benzene ring substituents is 1. The van der Waals surface area contributed by atoms with Gasteiger partial charge in [0.25, 0.3) is 0 Å². The third kappa shape index (κ3) is 7.52. The first kappa shape index (κ1) is 28.0. The minimum absolute atomic E-state index is 0.00184. The van der Waals surface area contributed by atoms with E-state index in [1.54, 1.807) is 54.9 Å². The number of nitrogens with two attached hydrogens (primary N) is 1. The monoisotopic (exact) mass is 551 g/mol. The highest BCUT2D eigenvalue weighted by atomic mass is 35.5. The Morgan fingerprint density at radius 1 is 1.10 bits per heavy atom. The fraction of sp³-hybridized carbons (Fsp3) is 0.321. The van der Waals surface area contributed by atoms with Crippen LogP contribution in [-0.4, -0.2) is 34.3 Å². The maximum absolute atomic E-state index is 13.3. The highest BCUT2D eigenvalue weighted by Gasteiger charge is 2.29. The van der Waals surface area contributed by atoms with Crippen LogP contribution in [0, 0.1) is 22.0 Å². The number of nitro groups is 1. The predicted molar refractivity (Wildman–Crippen MR) is 148 cm³/mol. The minimum Gasteiger partial charge on any atom is -0.450 e. The van der Waals surface area contributed by atoms with Crippen molar-refractivity contribution >= 4 is 34.8 Å². The molecule has 0 radical (unpaired) electrons. The number of nitrogens with zero attached hydrogens (tertiary/aromatic N) is 2. The van der Waals surface area contributed by atoms with Crippen molar-refractivity contribution < 1.29 is 19.2 Å². The number of hydrogen-bond acceptors (Lipinski definition) is 7. The first-order valence-electron chi connectivity index (χ1n) is 12.7. The standard InChI is InChI=1S/C28H30ClN5O5/c29-23-5-2-6-25(26(23)34(37)38)39-22-4-1-3-19(15-22)16-24(28(36)32-21-11-13-31-14-12-21)33-27(35)20-9-7-18(17-30)8-10-20/h1-6,11-15,18,20,24H,7-10,16-17,30H2,(H,33,35)(H,31,32,36)/t18-,20-,24?. The SMILES string of the molecule is NC[C@H]1CC[C@H](C(=O)NC(Cc2cccc(Oc3cccc(Cl)c3[N+](=O)[O-])c2)C(=O)Nc2ccncc2)CC1. The molecular weight excluding hydrogens is 522 g/mol. The number of hydrogen-bond donors (Lipinski definition) is 3. The smallest absolute Gasteiger partial charge is 0.329 e. The Morgan fingerprint density at radius 2 is 1.82 bits per heavy atom.